The number of halogens is 2. The first-order valence-corrected chi connectivity index (χ1v) is 15.0. The van der Waals surface area contributed by atoms with Crippen LogP contribution in [0.2, 0.25) is 5.02 Å². The predicted molar refractivity (Wildman–Crippen MR) is 171 cm³/mol. The molecule has 1 aliphatic rings. The van der Waals surface area contributed by atoms with Gasteiger partial charge in [-0.05, 0) is 96.5 Å². The number of benzene rings is 3. The van der Waals surface area contributed by atoms with E-state index in [0.717, 1.165) is 26.5 Å². The van der Waals surface area contributed by atoms with Crippen LogP contribution < -0.4 is 9.47 Å². The summed E-state index contributed by atoms with van der Waals surface area (Å²) in [6.07, 6.45) is 1.70. The molecule has 7 nitrogen and oxygen atoms in total. The van der Waals surface area contributed by atoms with Crippen LogP contribution in [-0.2, 0) is 16.1 Å². The number of thioether (sulfide) groups is 1. The Hall–Kier alpha value is -3.28. The highest BCUT2D eigenvalue weighted by molar-refractivity contribution is 14.1. The number of ether oxygens (including phenoxy) is 3. The van der Waals surface area contributed by atoms with Crippen LogP contribution in [0.15, 0.2) is 81.9 Å². The number of aryl methyl sites for hydroxylation is 1. The minimum Gasteiger partial charge on any atom is -0.506 e. The molecule has 0 spiro atoms. The molecule has 10 heteroatoms. The monoisotopic (exact) mass is 703 g/mol. The Kier molecular flexibility index (Phi) is 10.5. The molecule has 41 heavy (non-hydrogen) atoms. The van der Waals surface area contributed by atoms with Crippen molar-refractivity contribution in [2.45, 2.75) is 27.4 Å². The second kappa shape index (κ2) is 14.1. The van der Waals surface area contributed by atoms with Gasteiger partial charge in [-0.25, -0.2) is 9.79 Å². The fourth-order valence-corrected chi connectivity index (χ4v) is 5.84. The summed E-state index contributed by atoms with van der Waals surface area (Å²) >= 11 is 9.18. The van der Waals surface area contributed by atoms with Crippen LogP contribution in [0, 0.1) is 10.5 Å². The lowest BCUT2D eigenvalue weighted by Crippen LogP contribution is -2.14. The molecule has 0 saturated heterocycles. The van der Waals surface area contributed by atoms with Crippen molar-refractivity contribution < 1.29 is 28.9 Å². The Morgan fingerprint density at radius 2 is 1.78 bits per heavy atom. The Morgan fingerprint density at radius 3 is 2.46 bits per heavy atom. The van der Waals surface area contributed by atoms with Crippen LogP contribution in [-0.4, -0.2) is 35.2 Å². The molecule has 4 rings (SSSR count). The summed E-state index contributed by atoms with van der Waals surface area (Å²) < 4.78 is 17.9. The van der Waals surface area contributed by atoms with E-state index in [1.54, 1.807) is 56.3 Å². The van der Waals surface area contributed by atoms with Gasteiger partial charge in [0.05, 0.1) is 21.7 Å². The lowest BCUT2D eigenvalue weighted by Gasteiger charge is -2.15. The SMILES string of the molecule is CCOC(=O)C1=C(O)/C(=C/c2cc(I)c(OCc3ccc(Cl)cc3)c(OCC)c2)SC1=NC(=O)c1ccccc1C. The largest absolute Gasteiger partial charge is 0.506 e. The molecule has 0 aromatic heterocycles. The van der Waals surface area contributed by atoms with E-state index in [4.69, 9.17) is 25.8 Å². The van der Waals surface area contributed by atoms with Crippen LogP contribution in [0.4, 0.5) is 0 Å². The summed E-state index contributed by atoms with van der Waals surface area (Å²) in [4.78, 5) is 30.3. The molecule has 1 heterocycles. The third-order valence-electron chi connectivity index (χ3n) is 5.87. The lowest BCUT2D eigenvalue weighted by molar-refractivity contribution is -0.138. The molecule has 1 N–H and O–H groups in total. The number of aliphatic imine (C=N–C) groups is 1. The minimum absolute atomic E-state index is 0.0723. The Labute approximate surface area is 261 Å². The second-order valence-corrected chi connectivity index (χ2v) is 11.4. The minimum atomic E-state index is -0.757. The van der Waals surface area contributed by atoms with Crippen molar-refractivity contribution in [1.29, 1.82) is 0 Å². The van der Waals surface area contributed by atoms with E-state index in [-0.39, 0.29) is 23.0 Å². The van der Waals surface area contributed by atoms with Gasteiger partial charge < -0.3 is 19.3 Å². The summed E-state index contributed by atoms with van der Waals surface area (Å²) in [5.41, 5.74) is 2.66. The summed E-state index contributed by atoms with van der Waals surface area (Å²) in [7, 11) is 0. The highest BCUT2D eigenvalue weighted by Crippen LogP contribution is 2.41. The molecular weight excluding hydrogens is 677 g/mol. The number of carbonyl (C=O) groups excluding carboxylic acids is 2. The molecule has 1 amide bonds. The quantitative estimate of drug-likeness (QED) is 0.179. The number of carbonyl (C=O) groups is 2. The summed E-state index contributed by atoms with van der Waals surface area (Å²) in [6, 6.07) is 18.1. The van der Waals surface area contributed by atoms with Crippen molar-refractivity contribution in [2.24, 2.45) is 4.99 Å². The van der Waals surface area contributed by atoms with E-state index >= 15 is 0 Å². The highest BCUT2D eigenvalue weighted by Gasteiger charge is 2.34. The van der Waals surface area contributed by atoms with Crippen molar-refractivity contribution >= 4 is 68.9 Å². The number of aliphatic hydroxyl groups excluding tert-OH is 1. The first-order valence-electron chi connectivity index (χ1n) is 12.7. The average Bonchev–Trinajstić information content (AvgIpc) is 3.23. The predicted octanol–water partition coefficient (Wildman–Crippen LogP) is 7.93. The zero-order chi connectivity index (χ0) is 29.5. The van der Waals surface area contributed by atoms with Crippen molar-refractivity contribution in [2.75, 3.05) is 13.2 Å². The molecule has 0 atom stereocenters. The smallest absolute Gasteiger partial charge is 0.344 e. The van der Waals surface area contributed by atoms with Crippen molar-refractivity contribution in [1.82, 2.24) is 0 Å². The molecule has 0 fully saturated rings. The van der Waals surface area contributed by atoms with E-state index in [9.17, 15) is 14.7 Å². The van der Waals surface area contributed by atoms with Gasteiger partial charge >= 0.3 is 5.97 Å². The highest BCUT2D eigenvalue weighted by atomic mass is 127. The fraction of sp³-hybridized carbons (Fsp3) is 0.194. The summed E-state index contributed by atoms with van der Waals surface area (Å²) in [5, 5.41) is 11.8. The van der Waals surface area contributed by atoms with Gasteiger partial charge in [-0.15, -0.1) is 0 Å². The Balaban J connectivity index is 1.68. The summed E-state index contributed by atoms with van der Waals surface area (Å²) in [6.45, 7) is 6.19. The Bertz CT molecular complexity index is 1570. The molecule has 212 valence electrons. The first kappa shape index (κ1) is 30.7. The lowest BCUT2D eigenvalue weighted by atomic mass is 10.1. The van der Waals surface area contributed by atoms with Gasteiger partial charge in [-0.3, -0.25) is 4.79 Å². The number of esters is 1. The molecule has 0 unspecified atom stereocenters. The number of rotatable bonds is 9. The molecule has 0 radical (unpaired) electrons. The number of nitrogens with zero attached hydrogens (tertiary/aromatic N) is 1. The van der Waals surface area contributed by atoms with Gasteiger partial charge in [0, 0.05) is 10.6 Å². The van der Waals surface area contributed by atoms with Crippen LogP contribution in [0.3, 0.4) is 0 Å². The van der Waals surface area contributed by atoms with E-state index in [1.807, 2.05) is 31.2 Å². The molecular formula is C31H27ClINO6S. The van der Waals surface area contributed by atoms with E-state index in [1.165, 1.54) is 0 Å². The van der Waals surface area contributed by atoms with E-state index < -0.39 is 11.9 Å². The second-order valence-electron chi connectivity index (χ2n) is 8.77. The topological polar surface area (TPSA) is 94.4 Å². The van der Waals surface area contributed by atoms with Gasteiger partial charge in [0.25, 0.3) is 5.91 Å². The molecule has 3 aromatic rings. The average molecular weight is 704 g/mol. The summed E-state index contributed by atoms with van der Waals surface area (Å²) in [5.74, 6) is -0.465. The number of hydrogen-bond acceptors (Lipinski definition) is 7. The van der Waals surface area contributed by atoms with Crippen LogP contribution >= 0.6 is 46.0 Å². The number of amides is 1. The van der Waals surface area contributed by atoms with Crippen LogP contribution in [0.25, 0.3) is 6.08 Å². The van der Waals surface area contributed by atoms with Crippen molar-refractivity contribution in [3.05, 3.63) is 108 Å². The van der Waals surface area contributed by atoms with Crippen molar-refractivity contribution in [3.63, 3.8) is 0 Å². The molecule has 0 saturated carbocycles. The maximum absolute atomic E-state index is 13.0. The maximum atomic E-state index is 13.0. The standard InChI is InChI=1S/C31H27ClINO6S/c1-4-38-24-15-20(14-23(33)28(24)40-17-19-10-12-21(32)13-11-19)16-25-27(35)26(31(37)39-5-2)30(41-25)34-29(36)22-9-7-6-8-18(22)3/h6-16,35H,4-5,17H2,1-3H3/b25-16-,34-30?. The molecule has 0 bridgehead atoms. The third-order valence-corrected chi connectivity index (χ3v) is 7.95. The molecule has 0 aliphatic carbocycles. The Morgan fingerprint density at radius 1 is 1.05 bits per heavy atom. The maximum Gasteiger partial charge on any atom is 0.344 e. The van der Waals surface area contributed by atoms with E-state index in [0.29, 0.717) is 45.8 Å². The molecule has 3 aromatic carbocycles. The van der Waals surface area contributed by atoms with Gasteiger partial charge in [0.1, 0.15) is 23.0 Å². The van der Waals surface area contributed by atoms with Crippen LogP contribution in [0.5, 0.6) is 11.5 Å². The third kappa shape index (κ3) is 7.52. The van der Waals surface area contributed by atoms with Crippen molar-refractivity contribution in [3.8, 4) is 11.5 Å². The number of hydrogen-bond donors (Lipinski definition) is 1. The first-order chi connectivity index (χ1) is 19.7. The number of aliphatic hydroxyl groups is 1. The van der Waals surface area contributed by atoms with Gasteiger partial charge in [0.2, 0.25) is 0 Å². The normalized spacial score (nSPS) is 15.0. The zero-order valence-corrected chi connectivity index (χ0v) is 26.3. The van der Waals surface area contributed by atoms with Gasteiger partial charge in [-0.1, -0.05) is 53.7 Å². The van der Waals surface area contributed by atoms with Gasteiger partial charge in [0.15, 0.2) is 11.5 Å². The van der Waals surface area contributed by atoms with E-state index in [2.05, 4.69) is 27.6 Å². The molecule has 1 aliphatic heterocycles. The van der Waals surface area contributed by atoms with Crippen LogP contribution in [0.1, 0.15) is 40.9 Å². The van der Waals surface area contributed by atoms with Gasteiger partial charge in [-0.2, -0.15) is 0 Å². The zero-order valence-electron chi connectivity index (χ0n) is 22.6. The fourth-order valence-electron chi connectivity index (χ4n) is 3.92.